The average Bonchev–Trinajstić information content (AvgIpc) is 2.29. The number of hydrogen-bond acceptors (Lipinski definition) is 5. The maximum Gasteiger partial charge on any atom is 0.322 e. The van der Waals surface area contributed by atoms with Crippen LogP contribution in [0, 0.1) is 6.92 Å². The van der Waals surface area contributed by atoms with E-state index >= 15 is 0 Å². The lowest BCUT2D eigenvalue weighted by Crippen LogP contribution is -1.96. The van der Waals surface area contributed by atoms with Gasteiger partial charge in [0, 0.05) is 23.6 Å². The second-order valence-corrected chi connectivity index (χ2v) is 3.49. The number of methoxy groups -OCH3 is 1. The molecule has 0 spiro atoms. The molecule has 1 heterocycles. The summed E-state index contributed by atoms with van der Waals surface area (Å²) in [6, 6.07) is 7.21. The van der Waals surface area contributed by atoms with Crippen molar-refractivity contribution in [3.8, 4) is 17.5 Å². The van der Waals surface area contributed by atoms with E-state index in [-0.39, 0.29) is 6.01 Å². The Morgan fingerprint density at radius 2 is 2.00 bits per heavy atom. The van der Waals surface area contributed by atoms with Gasteiger partial charge in [-0.2, -0.15) is 0 Å². The highest BCUT2D eigenvalue weighted by Crippen LogP contribution is 2.31. The fraction of sp³-hybridized carbons (Fsp3) is 0.167. The number of benzene rings is 1. The lowest BCUT2D eigenvalue weighted by Gasteiger charge is -2.09. The Balaban J connectivity index is 2.32. The number of aromatic nitrogens is 2. The molecule has 5 nitrogen and oxygen atoms in total. The molecule has 5 heteroatoms. The number of nitrogen functional groups attached to an aromatic ring is 1. The smallest absolute Gasteiger partial charge is 0.322 e. The first-order valence-electron chi connectivity index (χ1n) is 5.10. The van der Waals surface area contributed by atoms with Crippen molar-refractivity contribution < 1.29 is 9.47 Å². The van der Waals surface area contributed by atoms with Gasteiger partial charge in [-0.1, -0.05) is 0 Å². The van der Waals surface area contributed by atoms with Crippen molar-refractivity contribution in [2.24, 2.45) is 0 Å². The summed E-state index contributed by atoms with van der Waals surface area (Å²) in [4.78, 5) is 8.15. The lowest BCUT2D eigenvalue weighted by atomic mass is 10.3. The molecule has 0 amide bonds. The summed E-state index contributed by atoms with van der Waals surface area (Å²) in [5.41, 5.74) is 7.11. The van der Waals surface area contributed by atoms with Crippen LogP contribution in [0.3, 0.4) is 0 Å². The van der Waals surface area contributed by atoms with E-state index in [1.54, 1.807) is 37.6 Å². The summed E-state index contributed by atoms with van der Waals surface area (Å²) in [6.07, 6.45) is 1.64. The van der Waals surface area contributed by atoms with E-state index in [2.05, 4.69) is 9.97 Å². The van der Waals surface area contributed by atoms with Gasteiger partial charge in [0.15, 0.2) is 11.5 Å². The summed E-state index contributed by atoms with van der Waals surface area (Å²) in [5.74, 6) is 1.09. The van der Waals surface area contributed by atoms with Gasteiger partial charge in [0.2, 0.25) is 0 Å². The first-order chi connectivity index (χ1) is 8.19. The molecular formula is C12H13N3O2. The molecule has 0 atom stereocenters. The first-order valence-corrected chi connectivity index (χ1v) is 5.10. The van der Waals surface area contributed by atoms with Gasteiger partial charge in [-0.25, -0.2) is 9.97 Å². The normalized spacial score (nSPS) is 10.0. The van der Waals surface area contributed by atoms with E-state index in [1.165, 1.54) is 0 Å². The van der Waals surface area contributed by atoms with E-state index in [9.17, 15) is 0 Å². The third-order valence-electron chi connectivity index (χ3n) is 2.16. The number of hydrogen-bond donors (Lipinski definition) is 1. The van der Waals surface area contributed by atoms with Crippen molar-refractivity contribution in [3.05, 3.63) is 36.2 Å². The molecule has 1 aromatic heterocycles. The van der Waals surface area contributed by atoms with Gasteiger partial charge in [-0.15, -0.1) is 0 Å². The Morgan fingerprint density at radius 1 is 1.18 bits per heavy atom. The minimum atomic E-state index is 0.272. The molecule has 2 N–H and O–H groups in total. The van der Waals surface area contributed by atoms with Crippen LogP contribution in [-0.2, 0) is 0 Å². The molecule has 0 aliphatic heterocycles. The van der Waals surface area contributed by atoms with Crippen molar-refractivity contribution in [2.45, 2.75) is 6.92 Å². The van der Waals surface area contributed by atoms with Crippen LogP contribution in [0.5, 0.6) is 17.5 Å². The van der Waals surface area contributed by atoms with Crippen molar-refractivity contribution in [1.82, 2.24) is 9.97 Å². The Hall–Kier alpha value is -2.30. The van der Waals surface area contributed by atoms with E-state index in [4.69, 9.17) is 15.2 Å². The molecule has 0 bridgehead atoms. The summed E-state index contributed by atoms with van der Waals surface area (Å²) in [5, 5.41) is 0. The van der Waals surface area contributed by atoms with E-state index in [0.717, 1.165) is 5.69 Å². The molecule has 0 saturated carbocycles. The Bertz CT molecular complexity index is 529. The molecule has 0 fully saturated rings. The second kappa shape index (κ2) is 4.69. The van der Waals surface area contributed by atoms with Crippen LogP contribution in [0.4, 0.5) is 5.69 Å². The van der Waals surface area contributed by atoms with E-state index in [0.29, 0.717) is 17.2 Å². The molecule has 88 valence electrons. The predicted molar refractivity (Wildman–Crippen MR) is 64.2 cm³/mol. The topological polar surface area (TPSA) is 70.3 Å². The average molecular weight is 231 g/mol. The predicted octanol–water partition coefficient (Wildman–Crippen LogP) is 2.17. The Kier molecular flexibility index (Phi) is 3.09. The number of anilines is 1. The molecule has 0 saturated heterocycles. The molecule has 0 unspecified atom stereocenters. The molecule has 1 aromatic carbocycles. The minimum Gasteiger partial charge on any atom is -0.493 e. The van der Waals surface area contributed by atoms with Crippen molar-refractivity contribution in [2.75, 3.05) is 12.8 Å². The van der Waals surface area contributed by atoms with Crippen LogP contribution < -0.4 is 15.2 Å². The van der Waals surface area contributed by atoms with Crippen LogP contribution >= 0.6 is 0 Å². The van der Waals surface area contributed by atoms with Crippen LogP contribution in [0.15, 0.2) is 30.5 Å². The van der Waals surface area contributed by atoms with Crippen molar-refractivity contribution in [3.63, 3.8) is 0 Å². The maximum atomic E-state index is 5.69. The van der Waals surface area contributed by atoms with Gasteiger partial charge >= 0.3 is 6.01 Å². The number of rotatable bonds is 3. The quantitative estimate of drug-likeness (QED) is 0.820. The van der Waals surface area contributed by atoms with Crippen LogP contribution in [0.1, 0.15) is 5.69 Å². The molecule has 0 radical (unpaired) electrons. The van der Waals surface area contributed by atoms with Gasteiger partial charge in [-0.3, -0.25) is 0 Å². The largest absolute Gasteiger partial charge is 0.493 e. The number of nitrogens with two attached hydrogens (primary N) is 1. The third-order valence-corrected chi connectivity index (χ3v) is 2.16. The monoisotopic (exact) mass is 231 g/mol. The van der Waals surface area contributed by atoms with Gasteiger partial charge in [0.1, 0.15) is 0 Å². The molecule has 0 aliphatic carbocycles. The number of aryl methyl sites for hydroxylation is 1. The van der Waals surface area contributed by atoms with Crippen LogP contribution in [0.25, 0.3) is 0 Å². The number of nitrogens with zero attached hydrogens (tertiary/aromatic N) is 2. The summed E-state index contributed by atoms with van der Waals surface area (Å²) in [7, 11) is 1.56. The van der Waals surface area contributed by atoms with Gasteiger partial charge in [0.25, 0.3) is 0 Å². The van der Waals surface area contributed by atoms with Gasteiger partial charge in [-0.05, 0) is 25.1 Å². The highest BCUT2D eigenvalue weighted by molar-refractivity contribution is 5.52. The SMILES string of the molecule is COc1ccc(N)cc1Oc1nccc(C)n1. The van der Waals surface area contributed by atoms with Crippen molar-refractivity contribution >= 4 is 5.69 Å². The van der Waals surface area contributed by atoms with Crippen LogP contribution in [0.2, 0.25) is 0 Å². The Labute approximate surface area is 99.2 Å². The maximum absolute atomic E-state index is 5.69. The minimum absolute atomic E-state index is 0.272. The highest BCUT2D eigenvalue weighted by Gasteiger charge is 2.07. The first kappa shape index (κ1) is 11.2. The fourth-order valence-electron chi connectivity index (χ4n) is 1.35. The molecular weight excluding hydrogens is 218 g/mol. The van der Waals surface area contributed by atoms with E-state index in [1.807, 2.05) is 6.92 Å². The van der Waals surface area contributed by atoms with Crippen LogP contribution in [-0.4, -0.2) is 17.1 Å². The number of ether oxygens (including phenoxy) is 2. The third kappa shape index (κ3) is 2.63. The standard InChI is InChI=1S/C12H13N3O2/c1-8-5-6-14-12(15-8)17-11-7-9(13)3-4-10(11)16-2/h3-7H,13H2,1-2H3. The summed E-state index contributed by atoms with van der Waals surface area (Å²) < 4.78 is 10.7. The second-order valence-electron chi connectivity index (χ2n) is 3.49. The molecule has 17 heavy (non-hydrogen) atoms. The molecule has 0 aliphatic rings. The zero-order chi connectivity index (χ0) is 12.3. The fourth-order valence-corrected chi connectivity index (χ4v) is 1.35. The highest BCUT2D eigenvalue weighted by atomic mass is 16.5. The van der Waals surface area contributed by atoms with Gasteiger partial charge < -0.3 is 15.2 Å². The Morgan fingerprint density at radius 3 is 2.71 bits per heavy atom. The van der Waals surface area contributed by atoms with Gasteiger partial charge in [0.05, 0.1) is 7.11 Å². The molecule has 2 rings (SSSR count). The zero-order valence-electron chi connectivity index (χ0n) is 9.68. The lowest BCUT2D eigenvalue weighted by molar-refractivity contribution is 0.368. The zero-order valence-corrected chi connectivity index (χ0v) is 9.68. The summed E-state index contributed by atoms with van der Waals surface area (Å²) in [6.45, 7) is 1.87. The van der Waals surface area contributed by atoms with E-state index < -0.39 is 0 Å². The van der Waals surface area contributed by atoms with Crippen molar-refractivity contribution in [1.29, 1.82) is 0 Å². The summed E-state index contributed by atoms with van der Waals surface area (Å²) >= 11 is 0. The molecule has 2 aromatic rings.